The van der Waals surface area contributed by atoms with E-state index in [2.05, 4.69) is 25.2 Å². The summed E-state index contributed by atoms with van der Waals surface area (Å²) in [7, 11) is -3.15. The van der Waals surface area contributed by atoms with Crippen LogP contribution in [-0.4, -0.2) is 38.0 Å². The summed E-state index contributed by atoms with van der Waals surface area (Å²) < 4.78 is 24.5. The van der Waals surface area contributed by atoms with E-state index in [0.717, 1.165) is 12.1 Å². The normalized spacial score (nSPS) is 17.4. The Morgan fingerprint density at radius 3 is 2.52 bits per heavy atom. The van der Waals surface area contributed by atoms with Crippen LogP contribution in [-0.2, 0) is 21.2 Å². The molecule has 0 unspecified atom stereocenters. The summed E-state index contributed by atoms with van der Waals surface area (Å²) in [5, 5.41) is 2.97. The van der Waals surface area contributed by atoms with Crippen molar-refractivity contribution in [3.8, 4) is 0 Å². The van der Waals surface area contributed by atoms with Crippen molar-refractivity contribution in [2.24, 2.45) is 11.8 Å². The van der Waals surface area contributed by atoms with Gasteiger partial charge in [0.05, 0.1) is 6.26 Å². The van der Waals surface area contributed by atoms with Crippen LogP contribution in [0.25, 0.3) is 0 Å². The van der Waals surface area contributed by atoms with Gasteiger partial charge < -0.3 is 5.32 Å². The van der Waals surface area contributed by atoms with Gasteiger partial charge in [-0.05, 0) is 42.9 Å². The number of hydrogen-bond acceptors (Lipinski definition) is 3. The molecule has 1 heterocycles. The fourth-order valence-corrected chi connectivity index (χ4v) is 3.82. The minimum absolute atomic E-state index is 0.0140. The van der Waals surface area contributed by atoms with E-state index in [0.29, 0.717) is 31.8 Å². The average Bonchev–Trinajstić information content (AvgIpc) is 2.46. The molecular weight excluding hydrogens is 312 g/mol. The van der Waals surface area contributed by atoms with Crippen molar-refractivity contribution in [3.63, 3.8) is 0 Å². The van der Waals surface area contributed by atoms with Crippen molar-refractivity contribution in [2.75, 3.05) is 24.7 Å². The number of piperidine rings is 1. The summed E-state index contributed by atoms with van der Waals surface area (Å²) in [5.74, 6) is 0.433. The van der Waals surface area contributed by atoms with Gasteiger partial charge in [0.1, 0.15) is 0 Å². The lowest BCUT2D eigenvalue weighted by atomic mass is 9.97. The Labute approximate surface area is 139 Å². The van der Waals surface area contributed by atoms with Crippen LogP contribution >= 0.6 is 0 Å². The molecule has 0 bridgehead atoms. The number of anilines is 1. The molecule has 128 valence electrons. The second kappa shape index (κ2) is 7.45. The molecule has 23 heavy (non-hydrogen) atoms. The zero-order chi connectivity index (χ0) is 17.0. The highest BCUT2D eigenvalue weighted by molar-refractivity contribution is 7.88. The standard InChI is InChI=1S/C17H26N2O3S/c1-13(2)11-14-5-4-6-16(12-14)18-17(20)15-7-9-19(10-8-15)23(3,21)22/h4-6,12-13,15H,7-11H2,1-3H3,(H,18,20). The van der Waals surface area contributed by atoms with Crippen LogP contribution in [0, 0.1) is 11.8 Å². The Balaban J connectivity index is 1.93. The molecule has 0 saturated carbocycles. The molecule has 2 rings (SSSR count). The highest BCUT2D eigenvalue weighted by atomic mass is 32.2. The van der Waals surface area contributed by atoms with Gasteiger partial charge in [-0.15, -0.1) is 0 Å². The van der Waals surface area contributed by atoms with Gasteiger partial charge in [0.15, 0.2) is 0 Å². The Kier molecular flexibility index (Phi) is 5.81. The van der Waals surface area contributed by atoms with Crippen molar-refractivity contribution >= 4 is 21.6 Å². The van der Waals surface area contributed by atoms with Crippen LogP contribution in [0.4, 0.5) is 5.69 Å². The van der Waals surface area contributed by atoms with Crippen molar-refractivity contribution in [1.29, 1.82) is 0 Å². The van der Waals surface area contributed by atoms with Crippen LogP contribution < -0.4 is 5.32 Å². The Bertz CT molecular complexity index is 648. The molecule has 5 nitrogen and oxygen atoms in total. The molecule has 1 amide bonds. The largest absolute Gasteiger partial charge is 0.326 e. The molecule has 0 radical (unpaired) electrons. The SMILES string of the molecule is CC(C)Cc1cccc(NC(=O)C2CCN(S(C)(=O)=O)CC2)c1. The maximum Gasteiger partial charge on any atom is 0.227 e. The minimum Gasteiger partial charge on any atom is -0.326 e. The summed E-state index contributed by atoms with van der Waals surface area (Å²) in [4.78, 5) is 12.4. The molecular formula is C17H26N2O3S. The van der Waals surface area contributed by atoms with E-state index in [-0.39, 0.29) is 11.8 Å². The van der Waals surface area contributed by atoms with Gasteiger partial charge in [-0.1, -0.05) is 26.0 Å². The van der Waals surface area contributed by atoms with Crippen molar-refractivity contribution in [3.05, 3.63) is 29.8 Å². The van der Waals surface area contributed by atoms with Crippen molar-refractivity contribution in [2.45, 2.75) is 33.1 Å². The molecule has 1 aromatic rings. The summed E-state index contributed by atoms with van der Waals surface area (Å²) in [6.07, 6.45) is 3.35. The van der Waals surface area contributed by atoms with E-state index < -0.39 is 10.0 Å². The lowest BCUT2D eigenvalue weighted by molar-refractivity contribution is -0.120. The van der Waals surface area contributed by atoms with Crippen molar-refractivity contribution < 1.29 is 13.2 Å². The molecule has 1 aliphatic rings. The fourth-order valence-electron chi connectivity index (χ4n) is 2.94. The maximum atomic E-state index is 12.4. The monoisotopic (exact) mass is 338 g/mol. The highest BCUT2D eigenvalue weighted by Crippen LogP contribution is 2.22. The van der Waals surface area contributed by atoms with Gasteiger partial charge >= 0.3 is 0 Å². The van der Waals surface area contributed by atoms with Crippen LogP contribution in [0.2, 0.25) is 0 Å². The van der Waals surface area contributed by atoms with Crippen molar-refractivity contribution in [1.82, 2.24) is 4.31 Å². The molecule has 1 N–H and O–H groups in total. The van der Waals surface area contributed by atoms with E-state index in [9.17, 15) is 13.2 Å². The van der Waals surface area contributed by atoms with E-state index >= 15 is 0 Å². The first-order valence-corrected chi connectivity index (χ1v) is 9.95. The number of nitrogens with zero attached hydrogens (tertiary/aromatic N) is 1. The molecule has 1 aromatic carbocycles. The quantitative estimate of drug-likeness (QED) is 0.897. The number of hydrogen-bond donors (Lipinski definition) is 1. The third-order valence-electron chi connectivity index (χ3n) is 4.13. The number of carbonyl (C=O) groups is 1. The zero-order valence-electron chi connectivity index (χ0n) is 14.1. The number of sulfonamides is 1. The first-order valence-electron chi connectivity index (χ1n) is 8.10. The number of nitrogens with one attached hydrogen (secondary N) is 1. The summed E-state index contributed by atoms with van der Waals surface area (Å²) in [5.41, 5.74) is 2.03. The van der Waals surface area contributed by atoms with Crippen LogP contribution in [0.15, 0.2) is 24.3 Å². The number of carbonyl (C=O) groups excluding carboxylic acids is 1. The van der Waals surface area contributed by atoms with Gasteiger partial charge in [0, 0.05) is 24.7 Å². The van der Waals surface area contributed by atoms with Crippen LogP contribution in [0.3, 0.4) is 0 Å². The molecule has 0 aliphatic carbocycles. The minimum atomic E-state index is -3.15. The third-order valence-corrected chi connectivity index (χ3v) is 5.44. The molecule has 0 spiro atoms. The van der Waals surface area contributed by atoms with Gasteiger partial charge in [0.25, 0.3) is 0 Å². The molecule has 1 fully saturated rings. The number of amides is 1. The van der Waals surface area contributed by atoms with Crippen LogP contribution in [0.1, 0.15) is 32.3 Å². The third kappa shape index (κ3) is 5.32. The Morgan fingerprint density at radius 1 is 1.30 bits per heavy atom. The lowest BCUT2D eigenvalue weighted by Crippen LogP contribution is -2.40. The predicted octanol–water partition coefficient (Wildman–Crippen LogP) is 2.50. The van der Waals surface area contributed by atoms with Gasteiger partial charge in [0.2, 0.25) is 15.9 Å². The summed E-state index contributed by atoms with van der Waals surface area (Å²) >= 11 is 0. The maximum absolute atomic E-state index is 12.4. The molecule has 6 heteroatoms. The topological polar surface area (TPSA) is 66.5 Å². The second-order valence-electron chi connectivity index (χ2n) is 6.72. The number of benzene rings is 1. The summed E-state index contributed by atoms with van der Waals surface area (Å²) in [6, 6.07) is 7.94. The van der Waals surface area contributed by atoms with E-state index in [4.69, 9.17) is 0 Å². The van der Waals surface area contributed by atoms with E-state index in [1.165, 1.54) is 16.1 Å². The zero-order valence-corrected chi connectivity index (χ0v) is 14.9. The second-order valence-corrected chi connectivity index (χ2v) is 8.71. The smallest absolute Gasteiger partial charge is 0.227 e. The van der Waals surface area contributed by atoms with E-state index in [1.54, 1.807) is 0 Å². The Morgan fingerprint density at radius 2 is 1.96 bits per heavy atom. The highest BCUT2D eigenvalue weighted by Gasteiger charge is 2.28. The molecule has 0 atom stereocenters. The fraction of sp³-hybridized carbons (Fsp3) is 0.588. The first kappa shape index (κ1) is 17.9. The van der Waals surface area contributed by atoms with Crippen LogP contribution in [0.5, 0.6) is 0 Å². The van der Waals surface area contributed by atoms with Gasteiger partial charge in [-0.3, -0.25) is 4.79 Å². The molecule has 1 aliphatic heterocycles. The number of rotatable bonds is 5. The Hall–Kier alpha value is -1.40. The van der Waals surface area contributed by atoms with Gasteiger partial charge in [-0.2, -0.15) is 0 Å². The molecule has 1 saturated heterocycles. The van der Waals surface area contributed by atoms with Gasteiger partial charge in [-0.25, -0.2) is 12.7 Å². The first-order chi connectivity index (χ1) is 10.8. The molecule has 0 aromatic heterocycles. The van der Waals surface area contributed by atoms with E-state index in [1.807, 2.05) is 18.2 Å². The summed E-state index contributed by atoms with van der Waals surface area (Å²) in [6.45, 7) is 5.18. The predicted molar refractivity (Wildman–Crippen MR) is 92.8 cm³/mol. The average molecular weight is 338 g/mol. The lowest BCUT2D eigenvalue weighted by Gasteiger charge is -2.29.